The first-order chi connectivity index (χ1) is 16.2. The van der Waals surface area contributed by atoms with Gasteiger partial charge in [-0.25, -0.2) is 0 Å². The number of para-hydroxylation sites is 4. The largest absolute Gasteiger partial charge is 0.489 e. The molecule has 4 nitrogen and oxygen atoms in total. The predicted octanol–water partition coefficient (Wildman–Crippen LogP) is 6.71. The van der Waals surface area contributed by atoms with Gasteiger partial charge in [0.05, 0.1) is 23.2 Å². The average molecular weight is 496 g/mol. The summed E-state index contributed by atoms with van der Waals surface area (Å²) in [4.78, 5) is 10.3. The van der Waals surface area contributed by atoms with Gasteiger partial charge in [-0.1, -0.05) is 48.2 Å². The lowest BCUT2D eigenvalue weighted by atomic mass is 10.2. The molecule has 3 aromatic rings. The van der Waals surface area contributed by atoms with E-state index in [1.807, 2.05) is 11.8 Å². The maximum absolute atomic E-state index is 6.05. The topological polar surface area (TPSA) is 19.0 Å². The maximum atomic E-state index is 6.05. The van der Waals surface area contributed by atoms with Gasteiger partial charge in [0.2, 0.25) is 0 Å². The Labute approximate surface area is 214 Å². The number of hydrogen-bond donors (Lipinski definition) is 0. The van der Waals surface area contributed by atoms with Crippen molar-refractivity contribution in [2.45, 2.75) is 36.2 Å². The highest BCUT2D eigenvalue weighted by molar-refractivity contribution is 7.99. The van der Waals surface area contributed by atoms with E-state index in [2.05, 4.69) is 101 Å². The van der Waals surface area contributed by atoms with Crippen LogP contribution in [0.5, 0.6) is 5.75 Å². The fourth-order valence-corrected chi connectivity index (χ4v) is 5.85. The molecule has 2 aliphatic rings. The van der Waals surface area contributed by atoms with Crippen LogP contribution < -0.4 is 14.5 Å². The monoisotopic (exact) mass is 495 g/mol. The number of anilines is 3. The summed E-state index contributed by atoms with van der Waals surface area (Å²) < 4.78 is 6.05. The van der Waals surface area contributed by atoms with Crippen LogP contribution in [0.1, 0.15) is 20.3 Å². The molecule has 0 atom stereocenters. The molecule has 3 aromatic carbocycles. The van der Waals surface area contributed by atoms with Crippen molar-refractivity contribution in [1.82, 2.24) is 4.90 Å². The Balaban J connectivity index is 0.00000274. The molecule has 0 amide bonds. The average Bonchev–Trinajstić information content (AvgIpc) is 2.84. The Morgan fingerprint density at radius 2 is 1.29 bits per heavy atom. The fraction of sp³-hybridized carbons (Fsp3) is 0.357. The number of fused-ring (bicyclic) bond motifs is 2. The second-order valence-corrected chi connectivity index (χ2v) is 10.1. The van der Waals surface area contributed by atoms with Crippen molar-refractivity contribution in [3.05, 3.63) is 72.8 Å². The zero-order chi connectivity index (χ0) is 22.6. The Hall–Kier alpha value is -2.34. The smallest absolute Gasteiger partial charge is 0.142 e. The summed E-state index contributed by atoms with van der Waals surface area (Å²) in [5.41, 5.74) is 3.91. The molecule has 0 N–H and O–H groups in total. The standard InChI is InChI=1S/C28H33N3OS.ClH/c1-22(2)32-26-13-6-3-10-23(26)30-20-18-29(19-21-30)16-9-17-31-24-11-4-7-14-27(24)33-28-15-8-5-12-25(28)31;/h3-8,10-15,22H,9,16-21H2,1-2H3;1H. The minimum Gasteiger partial charge on any atom is -0.489 e. The highest BCUT2D eigenvalue weighted by Crippen LogP contribution is 2.47. The Bertz CT molecular complexity index is 1040. The summed E-state index contributed by atoms with van der Waals surface area (Å²) >= 11 is 1.88. The molecule has 180 valence electrons. The molecular formula is C28H34ClN3OS. The second-order valence-electron chi connectivity index (χ2n) is 9.01. The van der Waals surface area contributed by atoms with E-state index in [-0.39, 0.29) is 18.5 Å². The normalized spacial score (nSPS) is 15.5. The van der Waals surface area contributed by atoms with E-state index >= 15 is 0 Å². The number of halogens is 1. The van der Waals surface area contributed by atoms with Gasteiger partial charge in [0, 0.05) is 42.5 Å². The van der Waals surface area contributed by atoms with E-state index in [0.717, 1.165) is 51.4 Å². The summed E-state index contributed by atoms with van der Waals surface area (Å²) in [6, 6.07) is 26.0. The van der Waals surface area contributed by atoms with Crippen LogP contribution in [-0.4, -0.2) is 50.3 Å². The van der Waals surface area contributed by atoms with E-state index in [0.29, 0.717) is 0 Å². The van der Waals surface area contributed by atoms with Gasteiger partial charge in [-0.2, -0.15) is 0 Å². The van der Waals surface area contributed by atoms with Crippen LogP contribution in [0.2, 0.25) is 0 Å². The summed E-state index contributed by atoms with van der Waals surface area (Å²) in [6.45, 7) is 10.6. The molecule has 0 saturated carbocycles. The molecular weight excluding hydrogens is 462 g/mol. The van der Waals surface area contributed by atoms with Crippen molar-refractivity contribution in [3.63, 3.8) is 0 Å². The first-order valence-corrected chi connectivity index (χ1v) is 12.9. The lowest BCUT2D eigenvalue weighted by Crippen LogP contribution is -2.47. The Kier molecular flexibility index (Phi) is 8.30. The minimum atomic E-state index is 0. The van der Waals surface area contributed by atoms with Crippen LogP contribution in [0.15, 0.2) is 82.6 Å². The summed E-state index contributed by atoms with van der Waals surface area (Å²) in [6.07, 6.45) is 1.34. The van der Waals surface area contributed by atoms with Crippen molar-refractivity contribution in [2.75, 3.05) is 49.1 Å². The SMILES string of the molecule is CC(C)Oc1ccccc1N1CCN(CCCN2c3ccccc3Sc3ccccc32)CC1.Cl. The molecule has 1 fully saturated rings. The van der Waals surface area contributed by atoms with Crippen LogP contribution in [-0.2, 0) is 0 Å². The first kappa shape index (κ1) is 24.8. The van der Waals surface area contributed by atoms with Gasteiger partial charge in [-0.3, -0.25) is 4.90 Å². The second kappa shape index (κ2) is 11.4. The molecule has 0 radical (unpaired) electrons. The van der Waals surface area contributed by atoms with E-state index in [4.69, 9.17) is 4.74 Å². The molecule has 1 saturated heterocycles. The number of nitrogens with zero attached hydrogens (tertiary/aromatic N) is 3. The van der Waals surface area contributed by atoms with Gasteiger partial charge in [0.1, 0.15) is 5.75 Å². The van der Waals surface area contributed by atoms with Gasteiger partial charge in [0.25, 0.3) is 0 Å². The van der Waals surface area contributed by atoms with E-state index in [9.17, 15) is 0 Å². The van der Waals surface area contributed by atoms with Crippen molar-refractivity contribution in [3.8, 4) is 5.75 Å². The fourth-order valence-electron chi connectivity index (χ4n) is 4.76. The quantitative estimate of drug-likeness (QED) is 0.361. The molecule has 2 heterocycles. The van der Waals surface area contributed by atoms with Crippen LogP contribution in [0.25, 0.3) is 0 Å². The molecule has 6 heteroatoms. The highest BCUT2D eigenvalue weighted by atomic mass is 35.5. The zero-order valence-electron chi connectivity index (χ0n) is 20.0. The molecule has 5 rings (SSSR count). The first-order valence-electron chi connectivity index (χ1n) is 12.1. The van der Waals surface area contributed by atoms with Crippen LogP contribution in [0, 0.1) is 0 Å². The molecule has 34 heavy (non-hydrogen) atoms. The lowest BCUT2D eigenvalue weighted by Gasteiger charge is -2.37. The van der Waals surface area contributed by atoms with Gasteiger partial charge in [-0.15, -0.1) is 12.4 Å². The van der Waals surface area contributed by atoms with Crippen molar-refractivity contribution in [1.29, 1.82) is 0 Å². The van der Waals surface area contributed by atoms with Gasteiger partial charge in [0.15, 0.2) is 0 Å². The van der Waals surface area contributed by atoms with E-state index < -0.39 is 0 Å². The molecule has 0 spiro atoms. The number of ether oxygens (including phenoxy) is 1. The Morgan fingerprint density at radius 1 is 0.735 bits per heavy atom. The van der Waals surface area contributed by atoms with Crippen molar-refractivity contribution >= 4 is 41.2 Å². The van der Waals surface area contributed by atoms with E-state index in [1.54, 1.807) is 0 Å². The third-order valence-corrected chi connectivity index (χ3v) is 7.46. The van der Waals surface area contributed by atoms with Crippen molar-refractivity contribution in [2.24, 2.45) is 0 Å². The summed E-state index contributed by atoms with van der Waals surface area (Å²) in [5.74, 6) is 1.00. The number of piperazine rings is 1. The highest BCUT2D eigenvalue weighted by Gasteiger charge is 2.24. The van der Waals surface area contributed by atoms with Crippen molar-refractivity contribution < 1.29 is 4.74 Å². The van der Waals surface area contributed by atoms with Gasteiger partial charge >= 0.3 is 0 Å². The summed E-state index contributed by atoms with van der Waals surface area (Å²) in [7, 11) is 0. The molecule has 0 aliphatic carbocycles. The zero-order valence-corrected chi connectivity index (χ0v) is 21.7. The van der Waals surface area contributed by atoms with Crippen LogP contribution in [0.3, 0.4) is 0 Å². The molecule has 0 aromatic heterocycles. The summed E-state index contributed by atoms with van der Waals surface area (Å²) in [5, 5.41) is 0. The van der Waals surface area contributed by atoms with E-state index in [1.165, 1.54) is 26.9 Å². The molecule has 0 unspecified atom stereocenters. The third-order valence-electron chi connectivity index (χ3n) is 6.33. The number of rotatable bonds is 7. The van der Waals surface area contributed by atoms with Gasteiger partial charge in [-0.05, 0) is 63.2 Å². The Morgan fingerprint density at radius 3 is 1.91 bits per heavy atom. The predicted molar refractivity (Wildman–Crippen MR) is 147 cm³/mol. The lowest BCUT2D eigenvalue weighted by molar-refractivity contribution is 0.237. The van der Waals surface area contributed by atoms with Crippen LogP contribution in [0.4, 0.5) is 17.1 Å². The molecule has 0 bridgehead atoms. The van der Waals surface area contributed by atoms with Gasteiger partial charge < -0.3 is 14.5 Å². The van der Waals surface area contributed by atoms with Crippen LogP contribution >= 0.6 is 24.2 Å². The molecule has 2 aliphatic heterocycles. The third kappa shape index (κ3) is 5.48. The maximum Gasteiger partial charge on any atom is 0.142 e. The minimum absolute atomic E-state index is 0. The number of hydrogen-bond acceptors (Lipinski definition) is 5. The number of benzene rings is 3.